The standard InChI is InChI=1S/C18H22N2O5/c1-4-18(2,3)10-24-12-7-5-6-11-15(12)17(23)20(16(11)22)14-9-8-13(21)19-25-14/h5-7,14H,4,8-10H2,1-3H3,(H,19,21). The number of hydrogen-bond acceptors (Lipinski definition) is 5. The van der Waals surface area contributed by atoms with Gasteiger partial charge in [0.15, 0.2) is 6.23 Å². The van der Waals surface area contributed by atoms with Crippen molar-refractivity contribution in [2.24, 2.45) is 5.41 Å². The minimum atomic E-state index is -0.801. The number of hydroxylamine groups is 1. The largest absolute Gasteiger partial charge is 0.492 e. The molecule has 1 fully saturated rings. The number of fused-ring (bicyclic) bond motifs is 1. The van der Waals surface area contributed by atoms with Crippen molar-refractivity contribution >= 4 is 17.7 Å². The zero-order valence-corrected chi connectivity index (χ0v) is 14.6. The summed E-state index contributed by atoms with van der Waals surface area (Å²) in [5, 5.41) is 0. The minimum Gasteiger partial charge on any atom is -0.492 e. The Hall–Kier alpha value is -2.41. The van der Waals surface area contributed by atoms with E-state index in [0.717, 1.165) is 11.3 Å². The van der Waals surface area contributed by atoms with Crippen LogP contribution in [0.2, 0.25) is 0 Å². The van der Waals surface area contributed by atoms with Crippen molar-refractivity contribution < 1.29 is 24.0 Å². The predicted octanol–water partition coefficient (Wildman–Crippen LogP) is 2.27. The Bertz CT molecular complexity index is 718. The van der Waals surface area contributed by atoms with Crippen LogP contribution in [-0.2, 0) is 9.63 Å². The van der Waals surface area contributed by atoms with E-state index in [1.807, 2.05) is 0 Å². The molecule has 1 N–H and O–H groups in total. The molecule has 2 aliphatic heterocycles. The van der Waals surface area contributed by atoms with Crippen LogP contribution in [0.1, 0.15) is 60.7 Å². The number of hydrogen-bond donors (Lipinski definition) is 1. The fourth-order valence-electron chi connectivity index (χ4n) is 2.71. The molecular formula is C18H22N2O5. The van der Waals surface area contributed by atoms with Crippen molar-refractivity contribution in [1.29, 1.82) is 0 Å². The molecule has 0 aliphatic carbocycles. The highest BCUT2D eigenvalue weighted by Gasteiger charge is 2.44. The van der Waals surface area contributed by atoms with Crippen LogP contribution in [0.3, 0.4) is 0 Å². The van der Waals surface area contributed by atoms with E-state index >= 15 is 0 Å². The van der Waals surface area contributed by atoms with Crippen molar-refractivity contribution in [3.63, 3.8) is 0 Å². The maximum absolute atomic E-state index is 12.8. The summed E-state index contributed by atoms with van der Waals surface area (Å²) in [6, 6.07) is 5.00. The maximum atomic E-state index is 12.8. The van der Waals surface area contributed by atoms with E-state index in [9.17, 15) is 14.4 Å². The summed E-state index contributed by atoms with van der Waals surface area (Å²) in [5.41, 5.74) is 2.76. The summed E-state index contributed by atoms with van der Waals surface area (Å²) >= 11 is 0. The molecule has 1 aromatic rings. The highest BCUT2D eigenvalue weighted by atomic mass is 16.7. The smallest absolute Gasteiger partial charge is 0.267 e. The lowest BCUT2D eigenvalue weighted by Gasteiger charge is -2.28. The number of carbonyl (C=O) groups excluding carboxylic acids is 3. The van der Waals surface area contributed by atoms with E-state index in [2.05, 4.69) is 26.3 Å². The molecule has 3 amide bonds. The second-order valence-corrected chi connectivity index (χ2v) is 7.10. The molecule has 0 saturated carbocycles. The van der Waals surface area contributed by atoms with Crippen molar-refractivity contribution in [1.82, 2.24) is 10.4 Å². The van der Waals surface area contributed by atoms with Crippen molar-refractivity contribution in [3.05, 3.63) is 29.3 Å². The molecule has 7 heteroatoms. The quantitative estimate of drug-likeness (QED) is 0.827. The van der Waals surface area contributed by atoms with Gasteiger partial charge < -0.3 is 4.74 Å². The highest BCUT2D eigenvalue weighted by Crippen LogP contribution is 2.34. The molecule has 0 radical (unpaired) electrons. The Morgan fingerprint density at radius 2 is 2.04 bits per heavy atom. The van der Waals surface area contributed by atoms with Crippen LogP contribution in [-0.4, -0.2) is 35.5 Å². The first-order valence-electron chi connectivity index (χ1n) is 8.42. The van der Waals surface area contributed by atoms with E-state index in [4.69, 9.17) is 9.57 Å². The van der Waals surface area contributed by atoms with Crippen LogP contribution in [0.5, 0.6) is 5.75 Å². The summed E-state index contributed by atoms with van der Waals surface area (Å²) in [6.07, 6.45) is 0.601. The molecule has 7 nitrogen and oxygen atoms in total. The van der Waals surface area contributed by atoms with Gasteiger partial charge in [-0.3, -0.25) is 14.4 Å². The first-order valence-corrected chi connectivity index (χ1v) is 8.42. The Morgan fingerprint density at radius 1 is 1.28 bits per heavy atom. The number of ether oxygens (including phenoxy) is 1. The van der Waals surface area contributed by atoms with Gasteiger partial charge in [0.05, 0.1) is 17.7 Å². The van der Waals surface area contributed by atoms with Gasteiger partial charge in [-0.25, -0.2) is 15.2 Å². The number of carbonyl (C=O) groups is 3. The van der Waals surface area contributed by atoms with Gasteiger partial charge in [-0.2, -0.15) is 0 Å². The molecular weight excluding hydrogens is 324 g/mol. The van der Waals surface area contributed by atoms with Gasteiger partial charge in [0.25, 0.3) is 11.8 Å². The van der Waals surface area contributed by atoms with Gasteiger partial charge in [0.2, 0.25) is 5.91 Å². The van der Waals surface area contributed by atoms with Gasteiger partial charge >= 0.3 is 0 Å². The molecule has 0 bridgehead atoms. The first kappa shape index (κ1) is 17.4. The number of nitrogens with zero attached hydrogens (tertiary/aromatic N) is 1. The molecule has 2 heterocycles. The lowest BCUT2D eigenvalue weighted by atomic mass is 9.92. The number of amides is 3. The molecule has 1 aromatic carbocycles. The van der Waals surface area contributed by atoms with Crippen LogP contribution < -0.4 is 10.2 Å². The average molecular weight is 346 g/mol. The van der Waals surface area contributed by atoms with Crippen molar-refractivity contribution in [2.75, 3.05) is 6.61 Å². The normalized spacial score (nSPS) is 20.5. The van der Waals surface area contributed by atoms with Gasteiger partial charge in [0, 0.05) is 12.8 Å². The molecule has 2 aliphatic rings. The molecule has 134 valence electrons. The summed E-state index contributed by atoms with van der Waals surface area (Å²) in [7, 11) is 0. The fourth-order valence-corrected chi connectivity index (χ4v) is 2.71. The van der Waals surface area contributed by atoms with Gasteiger partial charge in [-0.1, -0.05) is 26.8 Å². The molecule has 1 atom stereocenters. The summed E-state index contributed by atoms with van der Waals surface area (Å²) in [5.74, 6) is -0.745. The Labute approximate surface area is 146 Å². The minimum absolute atomic E-state index is 0.0369. The topological polar surface area (TPSA) is 84.9 Å². The number of nitrogens with one attached hydrogen (secondary N) is 1. The van der Waals surface area contributed by atoms with E-state index in [1.165, 1.54) is 0 Å². The molecule has 3 rings (SSSR count). The monoisotopic (exact) mass is 346 g/mol. The second-order valence-electron chi connectivity index (χ2n) is 7.10. The van der Waals surface area contributed by atoms with E-state index < -0.39 is 18.0 Å². The van der Waals surface area contributed by atoms with E-state index in [-0.39, 0.29) is 29.7 Å². The molecule has 1 unspecified atom stereocenters. The first-order chi connectivity index (χ1) is 11.8. The predicted molar refractivity (Wildman–Crippen MR) is 88.8 cm³/mol. The van der Waals surface area contributed by atoms with Gasteiger partial charge in [-0.15, -0.1) is 0 Å². The van der Waals surface area contributed by atoms with Crippen molar-refractivity contribution in [3.8, 4) is 5.75 Å². The fraction of sp³-hybridized carbons (Fsp3) is 0.500. The molecule has 0 spiro atoms. The van der Waals surface area contributed by atoms with Gasteiger partial charge in [0.1, 0.15) is 5.75 Å². The lowest BCUT2D eigenvalue weighted by molar-refractivity contribution is -0.158. The molecule has 25 heavy (non-hydrogen) atoms. The second kappa shape index (κ2) is 6.48. The van der Waals surface area contributed by atoms with Crippen LogP contribution in [0.4, 0.5) is 0 Å². The third-order valence-corrected chi connectivity index (χ3v) is 4.70. The number of rotatable bonds is 5. The van der Waals surface area contributed by atoms with Gasteiger partial charge in [-0.05, 0) is 24.0 Å². The van der Waals surface area contributed by atoms with Crippen LogP contribution in [0, 0.1) is 5.41 Å². The zero-order chi connectivity index (χ0) is 18.2. The highest BCUT2D eigenvalue weighted by molar-refractivity contribution is 6.22. The SMILES string of the molecule is CCC(C)(C)COc1cccc2c1C(=O)N(C1CCC(=O)NO1)C2=O. The van der Waals surface area contributed by atoms with Crippen molar-refractivity contribution in [2.45, 2.75) is 46.3 Å². The molecule has 0 aromatic heterocycles. The number of imide groups is 1. The zero-order valence-electron chi connectivity index (χ0n) is 14.6. The van der Waals surface area contributed by atoms with E-state index in [0.29, 0.717) is 17.9 Å². The summed E-state index contributed by atoms with van der Waals surface area (Å²) in [4.78, 5) is 42.9. The molecule has 1 saturated heterocycles. The van der Waals surface area contributed by atoms with Crippen LogP contribution in [0.25, 0.3) is 0 Å². The average Bonchev–Trinajstić information content (AvgIpc) is 2.86. The van der Waals surface area contributed by atoms with Crippen LogP contribution >= 0.6 is 0 Å². The maximum Gasteiger partial charge on any atom is 0.267 e. The third-order valence-electron chi connectivity index (χ3n) is 4.70. The Balaban J connectivity index is 1.85. The Kier molecular flexibility index (Phi) is 4.51. The van der Waals surface area contributed by atoms with E-state index in [1.54, 1.807) is 18.2 Å². The Morgan fingerprint density at radius 3 is 2.68 bits per heavy atom. The summed E-state index contributed by atoms with van der Waals surface area (Å²) < 4.78 is 5.87. The third kappa shape index (κ3) is 3.24. The lowest BCUT2D eigenvalue weighted by Crippen LogP contribution is -2.48. The number of benzene rings is 1. The van der Waals surface area contributed by atoms with Crippen LogP contribution in [0.15, 0.2) is 18.2 Å². The summed E-state index contributed by atoms with van der Waals surface area (Å²) in [6.45, 7) is 6.67.